The van der Waals surface area contributed by atoms with Crippen LogP contribution < -0.4 is 0 Å². The van der Waals surface area contributed by atoms with Gasteiger partial charge in [0.25, 0.3) is 0 Å². The fourth-order valence-electron chi connectivity index (χ4n) is 2.25. The molecule has 1 aliphatic heterocycles. The second-order valence-corrected chi connectivity index (χ2v) is 5.85. The number of thioether (sulfide) groups is 1. The van der Waals surface area contributed by atoms with Crippen molar-refractivity contribution in [1.29, 1.82) is 0 Å². The van der Waals surface area contributed by atoms with E-state index in [-0.39, 0.29) is 17.9 Å². The summed E-state index contributed by atoms with van der Waals surface area (Å²) < 4.78 is 4.90. The molecule has 4 heteroatoms. The highest BCUT2D eigenvalue weighted by atomic mass is 32.2. The van der Waals surface area contributed by atoms with Gasteiger partial charge in [0.1, 0.15) is 0 Å². The molecule has 0 saturated heterocycles. The van der Waals surface area contributed by atoms with Gasteiger partial charge >= 0.3 is 5.97 Å². The number of ether oxygens (including phenoxy) is 1. The minimum Gasteiger partial charge on any atom is -0.469 e. The molecule has 0 N–H and O–H groups in total. The van der Waals surface area contributed by atoms with Crippen LogP contribution in [0.5, 0.6) is 0 Å². The van der Waals surface area contributed by atoms with E-state index in [1.807, 2.05) is 32.3 Å². The van der Waals surface area contributed by atoms with Crippen LogP contribution in [-0.4, -0.2) is 43.9 Å². The molecule has 0 aliphatic carbocycles. The van der Waals surface area contributed by atoms with E-state index in [1.54, 1.807) is 11.8 Å². The molecule has 102 valence electrons. The van der Waals surface area contributed by atoms with Gasteiger partial charge in [-0.2, -0.15) is 0 Å². The lowest BCUT2D eigenvalue weighted by Gasteiger charge is -2.32. The van der Waals surface area contributed by atoms with E-state index >= 15 is 0 Å². The van der Waals surface area contributed by atoms with Crippen molar-refractivity contribution in [3.63, 3.8) is 0 Å². The molecule has 1 aromatic carbocycles. The smallest absolute Gasteiger partial charge is 0.311 e. The maximum absolute atomic E-state index is 11.8. The van der Waals surface area contributed by atoms with Gasteiger partial charge in [0, 0.05) is 16.7 Å². The molecule has 0 saturated carbocycles. The molecule has 0 amide bonds. The first-order valence-corrected chi connectivity index (χ1v) is 7.26. The van der Waals surface area contributed by atoms with Crippen molar-refractivity contribution in [3.8, 4) is 0 Å². The van der Waals surface area contributed by atoms with Crippen molar-refractivity contribution < 1.29 is 9.53 Å². The quantitative estimate of drug-likeness (QED) is 0.794. The second kappa shape index (κ2) is 6.26. The summed E-state index contributed by atoms with van der Waals surface area (Å²) in [5.74, 6) is 0.531. The van der Waals surface area contributed by atoms with Gasteiger partial charge in [0.2, 0.25) is 0 Å². The minimum atomic E-state index is -0.130. The topological polar surface area (TPSA) is 29.5 Å². The van der Waals surface area contributed by atoms with Gasteiger partial charge in [-0.1, -0.05) is 36.4 Å². The van der Waals surface area contributed by atoms with Gasteiger partial charge in [-0.3, -0.25) is 4.79 Å². The molecule has 1 aromatic rings. The number of likely N-dealkylation sites (N-methyl/N-ethyl adjacent to an activating group) is 1. The van der Waals surface area contributed by atoms with Gasteiger partial charge < -0.3 is 9.64 Å². The normalized spacial score (nSPS) is 23.1. The first kappa shape index (κ1) is 14.2. The van der Waals surface area contributed by atoms with Gasteiger partial charge in [0.05, 0.1) is 13.0 Å². The van der Waals surface area contributed by atoms with Crippen LogP contribution in [0.3, 0.4) is 0 Å². The zero-order valence-electron chi connectivity index (χ0n) is 11.5. The van der Waals surface area contributed by atoms with Crippen molar-refractivity contribution >= 4 is 22.6 Å². The van der Waals surface area contributed by atoms with E-state index in [4.69, 9.17) is 4.74 Å². The molecule has 1 aliphatic rings. The largest absolute Gasteiger partial charge is 0.469 e. The number of esters is 1. The predicted octanol–water partition coefficient (Wildman–Crippen LogP) is 2.49. The fraction of sp³-hybridized carbons (Fsp3) is 0.400. The Hall–Kier alpha value is -1.26. The van der Waals surface area contributed by atoms with Crippen LogP contribution in [0.15, 0.2) is 36.4 Å². The molecule has 1 heterocycles. The third kappa shape index (κ3) is 3.19. The molecule has 3 nitrogen and oxygen atoms in total. The van der Waals surface area contributed by atoms with Crippen LogP contribution in [-0.2, 0) is 9.53 Å². The highest BCUT2D eigenvalue weighted by Crippen LogP contribution is 2.36. The minimum absolute atomic E-state index is 0.0870. The molecule has 0 fully saturated rings. The predicted molar refractivity (Wildman–Crippen MR) is 79.9 cm³/mol. The Kier molecular flexibility index (Phi) is 4.66. The Morgan fingerprint density at radius 3 is 2.58 bits per heavy atom. The van der Waals surface area contributed by atoms with Crippen molar-refractivity contribution in [2.45, 2.75) is 6.04 Å². The number of hydrogen-bond acceptors (Lipinski definition) is 4. The Morgan fingerprint density at radius 2 is 2.00 bits per heavy atom. The van der Waals surface area contributed by atoms with E-state index in [9.17, 15) is 4.79 Å². The molecular weight excluding hydrogens is 258 g/mol. The molecular formula is C15H19NO2S. The summed E-state index contributed by atoms with van der Waals surface area (Å²) in [7, 11) is 5.45. The number of hydrogen-bond donors (Lipinski definition) is 0. The van der Waals surface area contributed by atoms with E-state index in [2.05, 4.69) is 23.1 Å². The monoisotopic (exact) mass is 277 g/mol. The molecule has 2 rings (SSSR count). The van der Waals surface area contributed by atoms with Crippen LogP contribution in [0.1, 0.15) is 5.56 Å². The van der Waals surface area contributed by atoms with E-state index in [0.29, 0.717) is 0 Å². The van der Waals surface area contributed by atoms with Crippen molar-refractivity contribution in [2.24, 2.45) is 5.92 Å². The highest BCUT2D eigenvalue weighted by molar-refractivity contribution is 8.08. The average Bonchev–Trinajstić information content (AvgIpc) is 2.46. The summed E-state index contributed by atoms with van der Waals surface area (Å²) in [6, 6.07) is 10.4. The van der Waals surface area contributed by atoms with E-state index in [0.717, 1.165) is 5.75 Å². The summed E-state index contributed by atoms with van der Waals surface area (Å²) in [4.78, 5) is 15.1. The third-order valence-electron chi connectivity index (χ3n) is 3.31. The molecule has 0 spiro atoms. The van der Waals surface area contributed by atoms with Crippen LogP contribution in [0.4, 0.5) is 0 Å². The van der Waals surface area contributed by atoms with Crippen molar-refractivity contribution in [1.82, 2.24) is 4.90 Å². The van der Waals surface area contributed by atoms with Gasteiger partial charge in [-0.25, -0.2) is 0 Å². The van der Waals surface area contributed by atoms with Gasteiger partial charge in [-0.05, 0) is 19.7 Å². The van der Waals surface area contributed by atoms with Crippen LogP contribution in [0.2, 0.25) is 0 Å². The lowest BCUT2D eigenvalue weighted by atomic mass is 9.98. The average molecular weight is 277 g/mol. The maximum atomic E-state index is 11.8. The van der Waals surface area contributed by atoms with Crippen molar-refractivity contribution in [3.05, 3.63) is 42.0 Å². The summed E-state index contributed by atoms with van der Waals surface area (Å²) in [6.45, 7) is 0. The van der Waals surface area contributed by atoms with Crippen LogP contribution in [0.25, 0.3) is 4.91 Å². The first-order valence-electron chi connectivity index (χ1n) is 6.27. The van der Waals surface area contributed by atoms with Crippen LogP contribution in [0, 0.1) is 5.92 Å². The fourth-order valence-corrected chi connectivity index (χ4v) is 3.48. The molecule has 19 heavy (non-hydrogen) atoms. The number of methoxy groups -OCH3 is 1. The molecule has 0 unspecified atom stereocenters. The number of rotatable bonds is 3. The number of carbonyl (C=O) groups is 1. The second-order valence-electron chi connectivity index (χ2n) is 4.79. The van der Waals surface area contributed by atoms with E-state index in [1.165, 1.54) is 17.6 Å². The maximum Gasteiger partial charge on any atom is 0.311 e. The van der Waals surface area contributed by atoms with E-state index < -0.39 is 0 Å². The van der Waals surface area contributed by atoms with Crippen LogP contribution >= 0.6 is 11.8 Å². The molecule has 0 aromatic heterocycles. The van der Waals surface area contributed by atoms with Crippen molar-refractivity contribution in [2.75, 3.05) is 27.0 Å². The number of carbonyl (C=O) groups excluding carboxylic acids is 1. The number of nitrogens with zero attached hydrogens (tertiary/aromatic N) is 1. The lowest BCUT2D eigenvalue weighted by Crippen LogP contribution is -2.41. The Morgan fingerprint density at radius 1 is 1.32 bits per heavy atom. The Balaban J connectivity index is 2.28. The zero-order valence-corrected chi connectivity index (χ0v) is 12.3. The lowest BCUT2D eigenvalue weighted by molar-refractivity contribution is -0.146. The molecule has 2 atom stereocenters. The third-order valence-corrected chi connectivity index (χ3v) is 4.52. The Labute approximate surface area is 118 Å². The summed E-state index contributed by atoms with van der Waals surface area (Å²) >= 11 is 1.72. The highest BCUT2D eigenvalue weighted by Gasteiger charge is 2.33. The number of benzene rings is 1. The standard InChI is InChI=1S/C15H19NO2S/c1-16(2)13-9-14(11-7-5-4-6-8-11)19-10-12(13)15(17)18-3/h4-9,12-13H,10H2,1-3H3/t12-,13+/m0/s1. The molecule has 0 radical (unpaired) electrons. The zero-order chi connectivity index (χ0) is 13.8. The van der Waals surface area contributed by atoms with Gasteiger partial charge in [-0.15, -0.1) is 11.8 Å². The molecule has 0 bridgehead atoms. The summed E-state index contributed by atoms with van der Waals surface area (Å²) in [6.07, 6.45) is 2.17. The Bertz CT molecular complexity index is 470. The van der Waals surface area contributed by atoms with Gasteiger partial charge in [0.15, 0.2) is 0 Å². The first-order chi connectivity index (χ1) is 9.13. The SMILES string of the molecule is COC(=O)[C@H]1CSC(c2ccccc2)=C[C@H]1N(C)C. The summed E-state index contributed by atoms with van der Waals surface area (Å²) in [5, 5.41) is 0. The summed E-state index contributed by atoms with van der Waals surface area (Å²) in [5.41, 5.74) is 1.21.